The minimum absolute atomic E-state index is 0.130. The highest BCUT2D eigenvalue weighted by Gasteiger charge is 2.22. The topological polar surface area (TPSA) is 64.0 Å². The first-order valence-corrected chi connectivity index (χ1v) is 10.7. The van der Waals surface area contributed by atoms with Crippen LogP contribution in [0.15, 0.2) is 76.7 Å². The van der Waals surface area contributed by atoms with E-state index in [4.69, 9.17) is 0 Å². The van der Waals surface area contributed by atoms with Crippen molar-refractivity contribution < 1.29 is 13.6 Å². The number of aromatic nitrogens is 2. The van der Waals surface area contributed by atoms with Gasteiger partial charge in [0.25, 0.3) is 5.56 Å². The summed E-state index contributed by atoms with van der Waals surface area (Å²) in [6, 6.07) is 17.0. The van der Waals surface area contributed by atoms with Crippen LogP contribution in [0.4, 0.5) is 14.5 Å². The van der Waals surface area contributed by atoms with Crippen LogP contribution in [0.25, 0.3) is 16.6 Å². The molecule has 0 saturated heterocycles. The molecule has 0 saturated carbocycles. The Labute approximate surface area is 187 Å². The van der Waals surface area contributed by atoms with E-state index >= 15 is 0 Å². The van der Waals surface area contributed by atoms with Crippen molar-refractivity contribution in [3.63, 3.8) is 0 Å². The SMILES string of the molecule is Cc1ccc(NC(=O)C(C)Sc2nc3ccccc3c(=O)n2-c2ccc(F)cc2F)cc1. The fraction of sp³-hybridized carbons (Fsp3) is 0.125. The summed E-state index contributed by atoms with van der Waals surface area (Å²) in [5.74, 6) is -1.96. The molecule has 5 nitrogen and oxygen atoms in total. The zero-order valence-electron chi connectivity index (χ0n) is 17.3. The molecule has 1 unspecified atom stereocenters. The van der Waals surface area contributed by atoms with Gasteiger partial charge in [0.05, 0.1) is 21.8 Å². The molecule has 1 heterocycles. The molecule has 0 aliphatic rings. The first kappa shape index (κ1) is 21.7. The number of para-hydroxylation sites is 1. The molecule has 0 aliphatic carbocycles. The Bertz CT molecular complexity index is 1370. The third-order valence-electron chi connectivity index (χ3n) is 4.87. The molecule has 0 aliphatic heterocycles. The van der Waals surface area contributed by atoms with Crippen molar-refractivity contribution in [1.29, 1.82) is 0 Å². The fourth-order valence-corrected chi connectivity index (χ4v) is 4.08. The van der Waals surface area contributed by atoms with Gasteiger partial charge in [-0.15, -0.1) is 0 Å². The molecule has 32 heavy (non-hydrogen) atoms. The molecule has 1 amide bonds. The summed E-state index contributed by atoms with van der Waals surface area (Å²) in [4.78, 5) is 30.5. The first-order chi connectivity index (χ1) is 15.3. The van der Waals surface area contributed by atoms with Gasteiger partial charge in [0.2, 0.25) is 5.91 Å². The quantitative estimate of drug-likeness (QED) is 0.339. The van der Waals surface area contributed by atoms with E-state index in [1.165, 1.54) is 6.07 Å². The van der Waals surface area contributed by atoms with Crippen LogP contribution in [-0.2, 0) is 4.79 Å². The number of thioether (sulfide) groups is 1. The molecule has 4 aromatic rings. The average Bonchev–Trinajstić information content (AvgIpc) is 2.76. The predicted molar refractivity (Wildman–Crippen MR) is 122 cm³/mol. The maximum atomic E-state index is 14.6. The molecule has 1 atom stereocenters. The third kappa shape index (κ3) is 4.40. The molecule has 1 aromatic heterocycles. The van der Waals surface area contributed by atoms with Gasteiger partial charge in [-0.1, -0.05) is 41.6 Å². The molecule has 8 heteroatoms. The van der Waals surface area contributed by atoms with Crippen molar-refractivity contribution in [3.8, 4) is 5.69 Å². The zero-order chi connectivity index (χ0) is 22.8. The maximum absolute atomic E-state index is 14.6. The van der Waals surface area contributed by atoms with Gasteiger partial charge in [0, 0.05) is 11.8 Å². The molecule has 1 N–H and O–H groups in total. The summed E-state index contributed by atoms with van der Waals surface area (Å²) < 4.78 is 29.1. The number of benzene rings is 3. The van der Waals surface area contributed by atoms with E-state index in [9.17, 15) is 18.4 Å². The van der Waals surface area contributed by atoms with Crippen LogP contribution in [0.2, 0.25) is 0 Å². The summed E-state index contributed by atoms with van der Waals surface area (Å²) >= 11 is 1.02. The zero-order valence-corrected chi connectivity index (χ0v) is 18.1. The average molecular weight is 451 g/mol. The van der Waals surface area contributed by atoms with E-state index in [0.29, 0.717) is 17.3 Å². The Morgan fingerprint density at radius 3 is 2.50 bits per heavy atom. The number of anilines is 1. The van der Waals surface area contributed by atoms with E-state index in [-0.39, 0.29) is 22.1 Å². The molecule has 0 bridgehead atoms. The monoisotopic (exact) mass is 451 g/mol. The van der Waals surface area contributed by atoms with E-state index in [0.717, 1.165) is 28.0 Å². The van der Waals surface area contributed by atoms with Crippen LogP contribution in [-0.4, -0.2) is 20.7 Å². The molecule has 162 valence electrons. The normalized spacial score (nSPS) is 12.0. The number of nitrogens with one attached hydrogen (secondary N) is 1. The first-order valence-electron chi connectivity index (χ1n) is 9.85. The number of fused-ring (bicyclic) bond motifs is 1. The molecular weight excluding hydrogens is 432 g/mol. The van der Waals surface area contributed by atoms with Gasteiger partial charge in [-0.25, -0.2) is 13.8 Å². The van der Waals surface area contributed by atoms with Gasteiger partial charge < -0.3 is 5.32 Å². The molecule has 0 spiro atoms. The maximum Gasteiger partial charge on any atom is 0.266 e. The van der Waals surface area contributed by atoms with Crippen LogP contribution in [0, 0.1) is 18.6 Å². The van der Waals surface area contributed by atoms with Gasteiger partial charge >= 0.3 is 0 Å². The van der Waals surface area contributed by atoms with Crippen molar-refractivity contribution in [2.24, 2.45) is 0 Å². The predicted octanol–water partition coefficient (Wildman–Crippen LogP) is 5.09. The van der Waals surface area contributed by atoms with Gasteiger partial charge in [-0.05, 0) is 50.2 Å². The minimum Gasteiger partial charge on any atom is -0.325 e. The summed E-state index contributed by atoms with van der Waals surface area (Å²) in [5, 5.41) is 2.59. The number of aryl methyl sites for hydroxylation is 1. The second-order valence-electron chi connectivity index (χ2n) is 7.26. The second kappa shape index (κ2) is 8.92. The number of carbonyl (C=O) groups is 1. The second-order valence-corrected chi connectivity index (χ2v) is 8.57. The number of hydrogen-bond acceptors (Lipinski definition) is 4. The van der Waals surface area contributed by atoms with E-state index in [1.54, 1.807) is 43.3 Å². The smallest absolute Gasteiger partial charge is 0.266 e. The van der Waals surface area contributed by atoms with Gasteiger partial charge in [0.15, 0.2) is 5.16 Å². The summed E-state index contributed by atoms with van der Waals surface area (Å²) in [6.45, 7) is 3.62. The molecule has 0 fully saturated rings. The fourth-order valence-electron chi connectivity index (χ4n) is 3.16. The van der Waals surface area contributed by atoms with Crippen LogP contribution in [0.3, 0.4) is 0 Å². The highest BCUT2D eigenvalue weighted by Crippen LogP contribution is 2.27. The number of nitrogens with zero attached hydrogens (tertiary/aromatic N) is 2. The van der Waals surface area contributed by atoms with E-state index in [1.807, 2.05) is 19.1 Å². The van der Waals surface area contributed by atoms with Crippen LogP contribution in [0.1, 0.15) is 12.5 Å². The van der Waals surface area contributed by atoms with Gasteiger partial charge in [-0.2, -0.15) is 0 Å². The Kier molecular flexibility index (Phi) is 6.05. The Morgan fingerprint density at radius 2 is 1.78 bits per heavy atom. The lowest BCUT2D eigenvalue weighted by Crippen LogP contribution is -2.26. The number of amides is 1. The van der Waals surface area contributed by atoms with Crippen LogP contribution in [0.5, 0.6) is 0 Å². The number of hydrogen-bond donors (Lipinski definition) is 1. The lowest BCUT2D eigenvalue weighted by atomic mass is 10.2. The van der Waals surface area contributed by atoms with Crippen molar-refractivity contribution in [2.45, 2.75) is 24.3 Å². The van der Waals surface area contributed by atoms with Crippen molar-refractivity contribution >= 4 is 34.3 Å². The lowest BCUT2D eigenvalue weighted by molar-refractivity contribution is -0.115. The minimum atomic E-state index is -0.900. The van der Waals surface area contributed by atoms with Gasteiger partial charge in [0.1, 0.15) is 11.6 Å². The standard InChI is InChI=1S/C24H19F2N3O2S/c1-14-7-10-17(11-8-14)27-22(30)15(2)32-24-28-20-6-4-3-5-18(20)23(31)29(24)21-12-9-16(25)13-19(21)26/h3-13,15H,1-2H3,(H,27,30). The van der Waals surface area contributed by atoms with Gasteiger partial charge in [-0.3, -0.25) is 14.2 Å². The molecular formula is C24H19F2N3O2S. The highest BCUT2D eigenvalue weighted by atomic mass is 32.2. The number of rotatable bonds is 5. The Balaban J connectivity index is 1.74. The van der Waals surface area contributed by atoms with Crippen molar-refractivity contribution in [3.05, 3.63) is 94.3 Å². The highest BCUT2D eigenvalue weighted by molar-refractivity contribution is 8.00. The third-order valence-corrected chi connectivity index (χ3v) is 5.92. The summed E-state index contributed by atoms with van der Waals surface area (Å²) in [7, 11) is 0. The number of halogens is 2. The largest absolute Gasteiger partial charge is 0.325 e. The summed E-state index contributed by atoms with van der Waals surface area (Å²) in [5.41, 5.74) is 1.49. The molecule has 0 radical (unpaired) electrons. The van der Waals surface area contributed by atoms with Crippen molar-refractivity contribution in [2.75, 3.05) is 5.32 Å². The Morgan fingerprint density at radius 1 is 1.06 bits per heavy atom. The summed E-state index contributed by atoms with van der Waals surface area (Å²) in [6.07, 6.45) is 0. The molecule has 4 rings (SSSR count). The van der Waals surface area contributed by atoms with Crippen LogP contribution < -0.4 is 10.9 Å². The lowest BCUT2D eigenvalue weighted by Gasteiger charge is -2.17. The Hall–Kier alpha value is -3.52. The molecule has 3 aromatic carbocycles. The number of carbonyl (C=O) groups excluding carboxylic acids is 1. The van der Waals surface area contributed by atoms with Crippen LogP contribution >= 0.6 is 11.8 Å². The van der Waals surface area contributed by atoms with Crippen molar-refractivity contribution in [1.82, 2.24) is 9.55 Å². The van der Waals surface area contributed by atoms with E-state index in [2.05, 4.69) is 10.3 Å². The van der Waals surface area contributed by atoms with E-state index < -0.39 is 22.4 Å².